The van der Waals surface area contributed by atoms with Gasteiger partial charge in [-0.2, -0.15) is 5.26 Å². The van der Waals surface area contributed by atoms with Crippen LogP contribution in [0.1, 0.15) is 44.0 Å². The molecule has 0 atom stereocenters. The van der Waals surface area contributed by atoms with Gasteiger partial charge in [0.1, 0.15) is 17.5 Å². The molecule has 108 valence electrons. The van der Waals surface area contributed by atoms with Crippen molar-refractivity contribution in [2.24, 2.45) is 5.84 Å². The molecule has 3 N–H and O–H groups in total. The Labute approximate surface area is 120 Å². The monoisotopic (exact) mass is 274 g/mol. The average molecular weight is 274 g/mol. The zero-order valence-corrected chi connectivity index (χ0v) is 12.2. The third-order valence-corrected chi connectivity index (χ3v) is 3.50. The highest BCUT2D eigenvalue weighted by Crippen LogP contribution is 2.34. The lowest BCUT2D eigenvalue weighted by Gasteiger charge is -2.25. The lowest BCUT2D eigenvalue weighted by molar-refractivity contribution is 0.752. The summed E-state index contributed by atoms with van der Waals surface area (Å²) in [5, 5.41) is 8.83. The summed E-state index contributed by atoms with van der Waals surface area (Å²) in [6.07, 6.45) is 4.67. The van der Waals surface area contributed by atoms with Crippen molar-refractivity contribution >= 4 is 11.6 Å². The van der Waals surface area contributed by atoms with E-state index >= 15 is 0 Å². The SMILES string of the molecule is CCCc1nc(NN)c(C)c(N(CCC#N)C2CC2)n1. The normalized spacial score (nSPS) is 13.9. The number of nitrogens with two attached hydrogens (primary N) is 1. The van der Waals surface area contributed by atoms with Crippen molar-refractivity contribution in [2.45, 2.75) is 52.0 Å². The van der Waals surface area contributed by atoms with Gasteiger partial charge in [0, 0.05) is 24.6 Å². The highest BCUT2D eigenvalue weighted by Gasteiger charge is 2.31. The van der Waals surface area contributed by atoms with E-state index in [1.54, 1.807) is 0 Å². The third-order valence-electron chi connectivity index (χ3n) is 3.50. The quantitative estimate of drug-likeness (QED) is 0.583. The van der Waals surface area contributed by atoms with Gasteiger partial charge in [-0.3, -0.25) is 0 Å². The minimum absolute atomic E-state index is 0.508. The van der Waals surface area contributed by atoms with E-state index in [2.05, 4.69) is 28.3 Å². The van der Waals surface area contributed by atoms with Gasteiger partial charge >= 0.3 is 0 Å². The van der Waals surface area contributed by atoms with Crippen LogP contribution in [0.15, 0.2) is 0 Å². The van der Waals surface area contributed by atoms with Crippen LogP contribution in [0.25, 0.3) is 0 Å². The first kappa shape index (κ1) is 14.5. The van der Waals surface area contributed by atoms with Crippen molar-refractivity contribution in [3.05, 3.63) is 11.4 Å². The molecule has 1 heterocycles. The summed E-state index contributed by atoms with van der Waals surface area (Å²) in [5.41, 5.74) is 3.62. The van der Waals surface area contributed by atoms with Gasteiger partial charge in [-0.05, 0) is 26.2 Å². The van der Waals surface area contributed by atoms with E-state index in [0.29, 0.717) is 24.8 Å². The molecule has 0 radical (unpaired) electrons. The number of aromatic nitrogens is 2. The van der Waals surface area contributed by atoms with Crippen molar-refractivity contribution in [1.29, 1.82) is 5.26 Å². The molecule has 0 unspecified atom stereocenters. The first-order chi connectivity index (χ1) is 9.71. The van der Waals surface area contributed by atoms with E-state index in [0.717, 1.165) is 30.0 Å². The van der Waals surface area contributed by atoms with Crippen molar-refractivity contribution < 1.29 is 0 Å². The fraction of sp³-hybridized carbons (Fsp3) is 0.643. The Hall–Kier alpha value is -1.87. The van der Waals surface area contributed by atoms with Crippen LogP contribution >= 0.6 is 0 Å². The maximum absolute atomic E-state index is 8.83. The molecule has 1 aromatic rings. The summed E-state index contributed by atoms with van der Waals surface area (Å²) in [7, 11) is 0. The maximum atomic E-state index is 8.83. The second-order valence-electron chi connectivity index (χ2n) is 5.16. The number of nitrogens with one attached hydrogen (secondary N) is 1. The van der Waals surface area contributed by atoms with Gasteiger partial charge in [-0.1, -0.05) is 6.92 Å². The third kappa shape index (κ3) is 3.17. The van der Waals surface area contributed by atoms with Crippen LogP contribution in [0.3, 0.4) is 0 Å². The molecule has 0 saturated heterocycles. The van der Waals surface area contributed by atoms with Crippen LogP contribution in [0.5, 0.6) is 0 Å². The molecule has 1 aromatic heterocycles. The molecular weight excluding hydrogens is 252 g/mol. The van der Waals surface area contributed by atoms with Crippen LogP contribution in [0.2, 0.25) is 0 Å². The fourth-order valence-corrected chi connectivity index (χ4v) is 2.32. The first-order valence-corrected chi connectivity index (χ1v) is 7.19. The minimum atomic E-state index is 0.508. The molecule has 0 spiro atoms. The number of aryl methyl sites for hydroxylation is 1. The summed E-state index contributed by atoms with van der Waals surface area (Å²) in [5.74, 6) is 7.98. The molecule has 6 nitrogen and oxygen atoms in total. The molecule has 20 heavy (non-hydrogen) atoms. The molecule has 0 bridgehead atoms. The van der Waals surface area contributed by atoms with Crippen LogP contribution in [-0.4, -0.2) is 22.6 Å². The molecular formula is C14H22N6. The molecule has 0 amide bonds. The average Bonchev–Trinajstić information content (AvgIpc) is 3.27. The molecule has 0 aromatic carbocycles. The highest BCUT2D eigenvalue weighted by molar-refractivity contribution is 5.59. The lowest BCUT2D eigenvalue weighted by atomic mass is 10.2. The number of hydrazine groups is 1. The highest BCUT2D eigenvalue weighted by atomic mass is 15.3. The minimum Gasteiger partial charge on any atom is -0.352 e. The number of rotatable bonds is 7. The van der Waals surface area contributed by atoms with Gasteiger partial charge in [0.15, 0.2) is 0 Å². The zero-order chi connectivity index (χ0) is 14.5. The number of nitrogen functional groups attached to an aromatic ring is 1. The number of nitrogens with zero attached hydrogens (tertiary/aromatic N) is 4. The van der Waals surface area contributed by atoms with E-state index in [-0.39, 0.29) is 0 Å². The second kappa shape index (κ2) is 6.53. The van der Waals surface area contributed by atoms with E-state index in [9.17, 15) is 0 Å². The van der Waals surface area contributed by atoms with Crippen LogP contribution < -0.4 is 16.2 Å². The van der Waals surface area contributed by atoms with Crippen molar-refractivity contribution in [3.63, 3.8) is 0 Å². The number of anilines is 2. The topological polar surface area (TPSA) is 90.9 Å². The zero-order valence-electron chi connectivity index (χ0n) is 12.2. The van der Waals surface area contributed by atoms with Gasteiger partial charge < -0.3 is 10.3 Å². The number of hydrogen-bond donors (Lipinski definition) is 2. The Kier molecular flexibility index (Phi) is 4.74. The van der Waals surface area contributed by atoms with Crippen LogP contribution in [0.4, 0.5) is 11.6 Å². The summed E-state index contributed by atoms with van der Waals surface area (Å²) >= 11 is 0. The smallest absolute Gasteiger partial charge is 0.148 e. The lowest BCUT2D eigenvalue weighted by Crippen LogP contribution is -2.29. The summed E-state index contributed by atoms with van der Waals surface area (Å²) in [6.45, 7) is 4.80. The second-order valence-corrected chi connectivity index (χ2v) is 5.16. The molecule has 6 heteroatoms. The van der Waals surface area contributed by atoms with Gasteiger partial charge in [0.2, 0.25) is 0 Å². The van der Waals surface area contributed by atoms with E-state index in [4.69, 9.17) is 16.1 Å². The van der Waals surface area contributed by atoms with Gasteiger partial charge in [-0.15, -0.1) is 0 Å². The number of hydrogen-bond acceptors (Lipinski definition) is 6. The maximum Gasteiger partial charge on any atom is 0.148 e. The predicted molar refractivity (Wildman–Crippen MR) is 79.2 cm³/mol. The molecule has 1 saturated carbocycles. The Bertz CT molecular complexity index is 503. The van der Waals surface area contributed by atoms with Crippen LogP contribution in [-0.2, 0) is 6.42 Å². The standard InChI is InChI=1S/C14H22N6/c1-3-5-12-17-13(19-16)10(2)14(18-12)20(9-4-8-15)11-6-7-11/h11H,3-7,9,16H2,1-2H3,(H,17,18,19). The first-order valence-electron chi connectivity index (χ1n) is 7.19. The van der Waals surface area contributed by atoms with Crippen molar-refractivity contribution in [3.8, 4) is 6.07 Å². The summed E-state index contributed by atoms with van der Waals surface area (Å²) in [4.78, 5) is 11.4. The Morgan fingerprint density at radius 1 is 1.45 bits per heavy atom. The van der Waals surface area contributed by atoms with Gasteiger partial charge in [0.05, 0.1) is 12.5 Å². The molecule has 1 fully saturated rings. The van der Waals surface area contributed by atoms with Crippen LogP contribution in [0, 0.1) is 18.3 Å². The fourth-order valence-electron chi connectivity index (χ4n) is 2.32. The summed E-state index contributed by atoms with van der Waals surface area (Å²) in [6, 6.07) is 2.72. The van der Waals surface area contributed by atoms with Gasteiger partial charge in [0.25, 0.3) is 0 Å². The number of nitriles is 1. The summed E-state index contributed by atoms with van der Waals surface area (Å²) < 4.78 is 0. The van der Waals surface area contributed by atoms with E-state index in [1.807, 2.05) is 6.92 Å². The predicted octanol–water partition coefficient (Wildman–Crippen LogP) is 1.91. The van der Waals surface area contributed by atoms with Gasteiger partial charge in [-0.25, -0.2) is 15.8 Å². The van der Waals surface area contributed by atoms with E-state index in [1.165, 1.54) is 12.8 Å². The van der Waals surface area contributed by atoms with Crippen molar-refractivity contribution in [1.82, 2.24) is 9.97 Å². The molecule has 1 aliphatic rings. The molecule has 2 rings (SSSR count). The Balaban J connectivity index is 2.35. The molecule has 1 aliphatic carbocycles. The van der Waals surface area contributed by atoms with Crippen molar-refractivity contribution in [2.75, 3.05) is 16.9 Å². The molecule has 0 aliphatic heterocycles. The van der Waals surface area contributed by atoms with E-state index < -0.39 is 0 Å². The largest absolute Gasteiger partial charge is 0.352 e. The Morgan fingerprint density at radius 2 is 2.20 bits per heavy atom. The Morgan fingerprint density at radius 3 is 2.75 bits per heavy atom.